The summed E-state index contributed by atoms with van der Waals surface area (Å²) in [4.78, 5) is 23.2. The molecule has 4 saturated carbocycles. The summed E-state index contributed by atoms with van der Waals surface area (Å²) in [7, 11) is 1.33. The Labute approximate surface area is 146 Å². The Balaban J connectivity index is 1.47. The quantitative estimate of drug-likeness (QED) is 0.650. The Bertz CT molecular complexity index is 673. The molecular weight excluding hydrogens is 324 g/mol. The molecule has 0 saturated heterocycles. The summed E-state index contributed by atoms with van der Waals surface area (Å²) < 4.78 is 6.26. The van der Waals surface area contributed by atoms with Crippen LogP contribution in [0.4, 0.5) is 5.69 Å². The van der Waals surface area contributed by atoms with Crippen LogP contribution in [0.2, 0.25) is 0 Å². The van der Waals surface area contributed by atoms with Gasteiger partial charge in [0.05, 0.1) is 12.0 Å². The van der Waals surface area contributed by atoms with Crippen LogP contribution in [0.15, 0.2) is 6.20 Å². The monoisotopic (exact) mass is 348 g/mol. The highest BCUT2D eigenvalue weighted by molar-refractivity contribution is 5.80. The molecule has 1 atom stereocenters. The van der Waals surface area contributed by atoms with E-state index in [1.165, 1.54) is 50.1 Å². The average molecular weight is 348 g/mol. The van der Waals surface area contributed by atoms with Crippen LogP contribution in [0.1, 0.15) is 45.1 Å². The first-order valence-corrected chi connectivity index (χ1v) is 9.04. The van der Waals surface area contributed by atoms with Gasteiger partial charge in [0, 0.05) is 6.04 Å². The second-order valence-electron chi connectivity index (χ2n) is 7.90. The molecule has 4 aliphatic rings. The third-order valence-electron chi connectivity index (χ3n) is 6.38. The Hall–Kier alpha value is -2.12. The first-order chi connectivity index (χ1) is 12.0. The fourth-order valence-electron chi connectivity index (χ4n) is 5.40. The van der Waals surface area contributed by atoms with E-state index in [1.54, 1.807) is 6.92 Å². The maximum atomic E-state index is 12.7. The van der Waals surface area contributed by atoms with Crippen molar-refractivity contribution in [3.63, 3.8) is 0 Å². The minimum atomic E-state index is -0.611. The molecule has 1 amide bonds. The largest absolute Gasteiger partial charge is 0.475 e. The van der Waals surface area contributed by atoms with E-state index in [-0.39, 0.29) is 23.5 Å². The van der Waals surface area contributed by atoms with E-state index < -0.39 is 11.0 Å². The highest BCUT2D eigenvalue weighted by Crippen LogP contribution is 2.53. The van der Waals surface area contributed by atoms with Crippen molar-refractivity contribution in [3.8, 4) is 5.88 Å². The van der Waals surface area contributed by atoms with Gasteiger partial charge in [-0.05, 0) is 62.7 Å². The van der Waals surface area contributed by atoms with Crippen molar-refractivity contribution < 1.29 is 14.5 Å². The Morgan fingerprint density at radius 3 is 2.40 bits per heavy atom. The number of hydrogen-bond donors (Lipinski definition) is 1. The zero-order valence-corrected chi connectivity index (χ0v) is 14.6. The molecule has 4 fully saturated rings. The van der Waals surface area contributed by atoms with Crippen molar-refractivity contribution in [2.75, 3.05) is 7.11 Å². The van der Waals surface area contributed by atoms with Gasteiger partial charge in [-0.3, -0.25) is 14.9 Å². The summed E-state index contributed by atoms with van der Waals surface area (Å²) in [5.41, 5.74) is -0.225. The molecule has 1 unspecified atom stereocenters. The number of methoxy groups -OCH3 is 1. The minimum Gasteiger partial charge on any atom is -0.475 e. The predicted molar refractivity (Wildman–Crippen MR) is 89.1 cm³/mol. The average Bonchev–Trinajstić information content (AvgIpc) is 3.01. The normalized spacial score (nSPS) is 33.9. The second-order valence-corrected chi connectivity index (χ2v) is 7.90. The highest BCUT2D eigenvalue weighted by atomic mass is 16.6. The Kier molecular flexibility index (Phi) is 3.92. The van der Waals surface area contributed by atoms with E-state index in [4.69, 9.17) is 4.74 Å². The molecule has 136 valence electrons. The lowest BCUT2D eigenvalue weighted by molar-refractivity contribution is -0.385. The molecule has 1 N–H and O–H groups in total. The zero-order chi connectivity index (χ0) is 17.7. The highest BCUT2D eigenvalue weighted by Gasteiger charge is 2.48. The van der Waals surface area contributed by atoms with E-state index in [1.807, 2.05) is 0 Å². The topological polar surface area (TPSA) is 99.3 Å². The number of nitrogens with one attached hydrogen (secondary N) is 1. The fourth-order valence-corrected chi connectivity index (χ4v) is 5.40. The van der Waals surface area contributed by atoms with Gasteiger partial charge in [-0.25, -0.2) is 4.68 Å². The summed E-state index contributed by atoms with van der Waals surface area (Å²) in [6.07, 6.45) is 7.56. The number of nitro groups is 1. The number of rotatable bonds is 5. The van der Waals surface area contributed by atoms with Gasteiger partial charge in [-0.1, -0.05) is 0 Å². The van der Waals surface area contributed by atoms with Gasteiger partial charge in [-0.15, -0.1) is 5.10 Å². The maximum Gasteiger partial charge on any atom is 0.350 e. The van der Waals surface area contributed by atoms with Crippen LogP contribution in [0.3, 0.4) is 0 Å². The summed E-state index contributed by atoms with van der Waals surface area (Å²) in [6, 6.07) is -0.366. The molecule has 1 heterocycles. The maximum absolute atomic E-state index is 12.7. The van der Waals surface area contributed by atoms with Crippen molar-refractivity contribution >= 4 is 11.6 Å². The van der Waals surface area contributed by atoms with Gasteiger partial charge in [0.15, 0.2) is 0 Å². The fraction of sp³-hybridized carbons (Fsp3) is 0.765. The van der Waals surface area contributed by atoms with Gasteiger partial charge in [-0.2, -0.15) is 0 Å². The van der Waals surface area contributed by atoms with Gasteiger partial charge >= 0.3 is 11.6 Å². The van der Waals surface area contributed by atoms with Gasteiger partial charge in [0.2, 0.25) is 5.91 Å². The first-order valence-electron chi connectivity index (χ1n) is 9.04. The Morgan fingerprint density at radius 2 is 1.92 bits per heavy atom. The third-order valence-corrected chi connectivity index (χ3v) is 6.38. The standard InChI is InChI=1S/C17H24N4O4/c1-9(20-8-14(21(23)24)17(19-20)25-2)16(22)18-15-12-4-10-3-11(6-12)7-13(15)5-10/h8-13,15H,3-7H2,1-2H3,(H,18,22). The molecule has 4 aliphatic carbocycles. The third kappa shape index (κ3) is 2.77. The van der Waals surface area contributed by atoms with Crippen molar-refractivity contribution in [3.05, 3.63) is 16.3 Å². The number of hydrogen-bond acceptors (Lipinski definition) is 5. The van der Waals surface area contributed by atoms with Crippen LogP contribution in [-0.2, 0) is 4.79 Å². The van der Waals surface area contributed by atoms with Crippen LogP contribution in [-0.4, -0.2) is 33.8 Å². The smallest absolute Gasteiger partial charge is 0.350 e. The molecule has 0 radical (unpaired) electrons. The van der Waals surface area contributed by atoms with Crippen LogP contribution < -0.4 is 10.1 Å². The van der Waals surface area contributed by atoms with Gasteiger partial charge < -0.3 is 10.1 Å². The van der Waals surface area contributed by atoms with E-state index in [2.05, 4.69) is 10.4 Å². The van der Waals surface area contributed by atoms with Gasteiger partial charge in [0.25, 0.3) is 0 Å². The van der Waals surface area contributed by atoms with Crippen molar-refractivity contribution in [1.82, 2.24) is 15.1 Å². The minimum absolute atomic E-state index is 0.0701. The number of amides is 1. The molecule has 8 heteroatoms. The molecule has 0 aliphatic heterocycles. The second kappa shape index (κ2) is 6.00. The number of nitrogens with zero attached hydrogens (tertiary/aromatic N) is 3. The summed E-state index contributed by atoms with van der Waals surface area (Å²) in [5, 5.41) is 18.3. The van der Waals surface area contributed by atoms with E-state index in [0.29, 0.717) is 11.8 Å². The number of carbonyl (C=O) groups excluding carboxylic acids is 1. The molecule has 8 nitrogen and oxygen atoms in total. The first kappa shape index (κ1) is 16.4. The van der Waals surface area contributed by atoms with E-state index in [9.17, 15) is 14.9 Å². The lowest BCUT2D eigenvalue weighted by Gasteiger charge is -2.54. The molecule has 1 aromatic heterocycles. The number of aromatic nitrogens is 2. The van der Waals surface area contributed by atoms with Crippen molar-refractivity contribution in [2.24, 2.45) is 23.7 Å². The van der Waals surface area contributed by atoms with E-state index >= 15 is 0 Å². The van der Waals surface area contributed by atoms with Crippen LogP contribution in [0.25, 0.3) is 0 Å². The molecule has 4 bridgehead atoms. The summed E-state index contributed by atoms with van der Waals surface area (Å²) in [6.45, 7) is 1.71. The molecular formula is C17H24N4O4. The molecule has 25 heavy (non-hydrogen) atoms. The molecule has 1 aromatic rings. The van der Waals surface area contributed by atoms with Gasteiger partial charge in [0.1, 0.15) is 12.2 Å². The Morgan fingerprint density at radius 1 is 1.32 bits per heavy atom. The molecule has 5 rings (SSSR count). The van der Waals surface area contributed by atoms with Crippen molar-refractivity contribution in [1.29, 1.82) is 0 Å². The van der Waals surface area contributed by atoms with Crippen LogP contribution in [0, 0.1) is 33.8 Å². The number of ether oxygens (including phenoxy) is 1. The lowest BCUT2D eigenvalue weighted by Crippen LogP contribution is -2.56. The zero-order valence-electron chi connectivity index (χ0n) is 14.6. The summed E-state index contributed by atoms with van der Waals surface area (Å²) in [5.74, 6) is 2.69. The SMILES string of the molecule is COc1nn(C(C)C(=O)NC2C3CC4CC(C3)CC2C4)cc1[N+](=O)[O-]. The van der Waals surface area contributed by atoms with Crippen LogP contribution in [0.5, 0.6) is 5.88 Å². The molecule has 0 spiro atoms. The molecule has 0 aromatic carbocycles. The summed E-state index contributed by atoms with van der Waals surface area (Å²) >= 11 is 0. The van der Waals surface area contributed by atoms with E-state index in [0.717, 1.165) is 11.8 Å². The lowest BCUT2D eigenvalue weighted by atomic mass is 9.54. The van der Waals surface area contributed by atoms with Crippen molar-refractivity contribution in [2.45, 2.75) is 51.1 Å². The number of carbonyl (C=O) groups is 1. The van der Waals surface area contributed by atoms with Crippen LogP contribution >= 0.6 is 0 Å². The predicted octanol–water partition coefficient (Wildman–Crippen LogP) is 2.30.